The normalized spacial score (nSPS) is 20.3. The Morgan fingerprint density at radius 1 is 0.961 bits per heavy atom. The van der Waals surface area contributed by atoms with E-state index in [1.807, 2.05) is 24.3 Å². The van der Waals surface area contributed by atoms with Gasteiger partial charge >= 0.3 is 15.2 Å². The molecule has 1 fully saturated rings. The van der Waals surface area contributed by atoms with E-state index in [0.717, 1.165) is 5.56 Å². The molecule has 282 valence electrons. The maximum Gasteiger partial charge on any atom is 0.340 e. The maximum atomic E-state index is 12.0. The van der Waals surface area contributed by atoms with Crippen molar-refractivity contribution < 1.29 is 67.0 Å². The van der Waals surface area contributed by atoms with E-state index < -0.39 is 52.2 Å². The van der Waals surface area contributed by atoms with E-state index in [1.54, 1.807) is 6.07 Å². The lowest BCUT2D eigenvalue weighted by atomic mass is 10.1. The first kappa shape index (κ1) is 41.1. The Labute approximate surface area is 298 Å². The van der Waals surface area contributed by atoms with Crippen molar-refractivity contribution in [1.29, 1.82) is 0 Å². The van der Waals surface area contributed by atoms with Gasteiger partial charge in [0, 0.05) is 6.54 Å². The number of ether oxygens (including phenoxy) is 6. The summed E-state index contributed by atoms with van der Waals surface area (Å²) in [7, 11) is -9.58. The Kier molecular flexibility index (Phi) is 16.1. The zero-order chi connectivity index (χ0) is 36.9. The van der Waals surface area contributed by atoms with Gasteiger partial charge in [-0.05, 0) is 23.8 Å². The van der Waals surface area contributed by atoms with Crippen LogP contribution >= 0.6 is 26.8 Å². The van der Waals surface area contributed by atoms with Gasteiger partial charge in [-0.1, -0.05) is 29.7 Å². The number of hydrogen-bond acceptors (Lipinski definition) is 14. The fraction of sp³-hybridized carbons (Fsp3) is 0.533. The van der Waals surface area contributed by atoms with Crippen molar-refractivity contribution in [3.8, 4) is 18.1 Å². The molecular formula is C30H41ClN4O14P2. The molecule has 0 saturated carbocycles. The number of hydrogen-bond donors (Lipinski definition) is 6. The van der Waals surface area contributed by atoms with Crippen LogP contribution in [-0.4, -0.2) is 130 Å². The van der Waals surface area contributed by atoms with Crippen molar-refractivity contribution in [3.63, 3.8) is 0 Å². The molecule has 18 nitrogen and oxygen atoms in total. The van der Waals surface area contributed by atoms with E-state index in [2.05, 4.69) is 21.3 Å². The number of rotatable bonds is 23. The van der Waals surface area contributed by atoms with Gasteiger partial charge in [0.1, 0.15) is 42.4 Å². The molecule has 51 heavy (non-hydrogen) atoms. The van der Waals surface area contributed by atoms with Gasteiger partial charge in [0.05, 0.1) is 70.1 Å². The number of halogens is 1. The van der Waals surface area contributed by atoms with Crippen LogP contribution < -0.4 is 10.1 Å². The summed E-state index contributed by atoms with van der Waals surface area (Å²) in [5, 5.41) is 29.4. The molecule has 4 rings (SSSR count). The van der Waals surface area contributed by atoms with E-state index in [1.165, 1.54) is 10.9 Å². The van der Waals surface area contributed by atoms with Crippen LogP contribution in [0.3, 0.4) is 0 Å². The van der Waals surface area contributed by atoms with E-state index in [9.17, 15) is 24.2 Å². The summed E-state index contributed by atoms with van der Waals surface area (Å²) in [6.45, 7) is 3.22. The first-order chi connectivity index (χ1) is 24.4. The SMILES string of the molecule is C#CCOCCOCCOCCOCCOc1cccc(CNc2cc(Cl)nc3c2cnn3[C@@H]2O[C@H](COP(=O)(O)CP(=O)(O)O)[C@@H](O)[C@H]2O)c1. The van der Waals surface area contributed by atoms with Gasteiger partial charge in [-0.2, -0.15) is 5.10 Å². The monoisotopic (exact) mass is 778 g/mol. The molecule has 5 atom stereocenters. The molecule has 3 aromatic rings. The van der Waals surface area contributed by atoms with Crippen LogP contribution in [0.1, 0.15) is 11.8 Å². The van der Waals surface area contributed by atoms with E-state index in [4.69, 9.17) is 60.8 Å². The van der Waals surface area contributed by atoms with Crippen molar-refractivity contribution in [3.05, 3.63) is 47.2 Å². The van der Waals surface area contributed by atoms with Crippen molar-refractivity contribution in [2.45, 2.75) is 31.1 Å². The van der Waals surface area contributed by atoms with Gasteiger partial charge in [-0.3, -0.25) is 9.13 Å². The van der Waals surface area contributed by atoms with Gasteiger partial charge < -0.3 is 63.2 Å². The highest BCUT2D eigenvalue weighted by Crippen LogP contribution is 2.55. The fourth-order valence-electron chi connectivity index (χ4n) is 4.80. The Hall–Kier alpha value is -2.69. The van der Waals surface area contributed by atoms with E-state index in [0.29, 0.717) is 76.2 Å². The largest absolute Gasteiger partial charge is 0.491 e. The molecule has 0 aliphatic carbocycles. The van der Waals surface area contributed by atoms with Crippen LogP contribution in [0.4, 0.5) is 5.69 Å². The molecule has 1 aliphatic rings. The predicted molar refractivity (Wildman–Crippen MR) is 183 cm³/mol. The Balaban J connectivity index is 1.23. The van der Waals surface area contributed by atoms with Gasteiger partial charge in [-0.25, -0.2) is 9.67 Å². The molecule has 1 aromatic carbocycles. The highest BCUT2D eigenvalue weighted by molar-refractivity contribution is 7.70. The molecule has 1 aliphatic heterocycles. The summed E-state index contributed by atoms with van der Waals surface area (Å²) in [5.41, 5.74) is 1.65. The lowest BCUT2D eigenvalue weighted by Gasteiger charge is -2.18. The second kappa shape index (κ2) is 20.0. The Morgan fingerprint density at radius 2 is 1.63 bits per heavy atom. The number of fused-ring (bicyclic) bond motifs is 1. The van der Waals surface area contributed by atoms with Crippen LogP contribution in [0.25, 0.3) is 11.0 Å². The summed E-state index contributed by atoms with van der Waals surface area (Å²) < 4.78 is 62.1. The molecule has 6 N–H and O–H groups in total. The molecule has 2 aromatic heterocycles. The minimum absolute atomic E-state index is 0.0938. The number of aliphatic hydroxyl groups excluding tert-OH is 2. The number of nitrogens with one attached hydrogen (secondary N) is 1. The van der Waals surface area contributed by atoms with E-state index in [-0.39, 0.29) is 17.4 Å². The summed E-state index contributed by atoms with van der Waals surface area (Å²) in [6.07, 6.45) is 0.765. The van der Waals surface area contributed by atoms with Gasteiger partial charge in [0.25, 0.3) is 0 Å². The lowest BCUT2D eigenvalue weighted by Crippen LogP contribution is -2.33. The molecule has 1 unspecified atom stereocenters. The zero-order valence-electron chi connectivity index (χ0n) is 27.4. The third-order valence-electron chi connectivity index (χ3n) is 7.10. The second-order valence-electron chi connectivity index (χ2n) is 11.0. The minimum Gasteiger partial charge on any atom is -0.491 e. The number of aliphatic hydroxyl groups is 2. The number of terminal acetylenes is 1. The van der Waals surface area contributed by atoms with Crippen molar-refractivity contribution in [1.82, 2.24) is 14.8 Å². The number of anilines is 1. The molecule has 0 amide bonds. The van der Waals surface area contributed by atoms with Gasteiger partial charge in [0.15, 0.2) is 17.8 Å². The lowest BCUT2D eigenvalue weighted by molar-refractivity contribution is -0.0541. The van der Waals surface area contributed by atoms with Gasteiger partial charge in [-0.15, -0.1) is 6.42 Å². The quantitative estimate of drug-likeness (QED) is 0.0348. The van der Waals surface area contributed by atoms with Crippen LogP contribution in [0.2, 0.25) is 5.15 Å². The number of aromatic nitrogens is 3. The summed E-state index contributed by atoms with van der Waals surface area (Å²) in [5.74, 6) is 1.62. The van der Waals surface area contributed by atoms with Crippen LogP contribution in [0, 0.1) is 12.3 Å². The van der Waals surface area contributed by atoms with Gasteiger partial charge in [0.2, 0.25) is 0 Å². The van der Waals surface area contributed by atoms with Crippen LogP contribution in [0.15, 0.2) is 36.5 Å². The average Bonchev–Trinajstić information content (AvgIpc) is 3.61. The number of nitrogens with zero attached hydrogens (tertiary/aromatic N) is 3. The van der Waals surface area contributed by atoms with E-state index >= 15 is 0 Å². The summed E-state index contributed by atoms with van der Waals surface area (Å²) in [4.78, 5) is 32.0. The predicted octanol–water partition coefficient (Wildman–Crippen LogP) is 1.73. The molecule has 3 heterocycles. The zero-order valence-corrected chi connectivity index (χ0v) is 29.9. The second-order valence-corrected chi connectivity index (χ2v) is 15.4. The summed E-state index contributed by atoms with van der Waals surface area (Å²) in [6, 6.07) is 9.05. The molecular weight excluding hydrogens is 738 g/mol. The average molecular weight is 779 g/mol. The van der Waals surface area contributed by atoms with Crippen molar-refractivity contribution in [2.75, 3.05) is 77.3 Å². The van der Waals surface area contributed by atoms with Crippen molar-refractivity contribution >= 4 is 43.5 Å². The molecule has 21 heteroatoms. The molecule has 0 spiro atoms. The number of benzene rings is 1. The highest BCUT2D eigenvalue weighted by atomic mass is 35.5. The first-order valence-corrected chi connectivity index (χ1v) is 19.6. The first-order valence-electron chi connectivity index (χ1n) is 15.6. The Bertz CT molecular complexity index is 1690. The standard InChI is InChI=1S/C30H41ClN4O14P2/c1-2-6-43-7-8-44-9-10-45-11-12-46-13-14-47-22-5-3-4-21(15-22)17-32-24-16-26(31)34-29-23(24)18-33-35(29)30-28(37)27(36)25(49-30)19-48-51(41,42)20-50(38,39)40/h1,3-5,15-16,18,25,27-28,30,36-37H,6-14,17,19-20H2,(H,32,34)(H,41,42)(H2,38,39,40)/t25-,27-,28-,30-/m1/s1. The third kappa shape index (κ3) is 13.3. The minimum atomic E-state index is -4.86. The fourth-order valence-corrected chi connectivity index (χ4v) is 7.56. The smallest absolute Gasteiger partial charge is 0.340 e. The number of pyridine rings is 1. The van der Waals surface area contributed by atoms with Crippen LogP contribution in [0.5, 0.6) is 5.75 Å². The van der Waals surface area contributed by atoms with Crippen molar-refractivity contribution in [2.24, 2.45) is 0 Å². The Morgan fingerprint density at radius 3 is 2.29 bits per heavy atom. The highest BCUT2D eigenvalue weighted by Gasteiger charge is 2.46. The molecule has 1 saturated heterocycles. The molecule has 0 radical (unpaired) electrons. The summed E-state index contributed by atoms with van der Waals surface area (Å²) >= 11 is 6.32. The third-order valence-corrected chi connectivity index (χ3v) is 10.7. The topological polar surface area (TPSA) is 243 Å². The van der Waals surface area contributed by atoms with Crippen LogP contribution in [-0.2, 0) is 43.9 Å². The molecule has 0 bridgehead atoms. The maximum absolute atomic E-state index is 12.0.